The number of nitrogens with zero attached hydrogens (tertiary/aromatic N) is 1. The molecular weight excluding hydrogens is 398 g/mol. The van der Waals surface area contributed by atoms with Crippen LogP contribution in [0.4, 0.5) is 5.69 Å². The zero-order chi connectivity index (χ0) is 22.3. The van der Waals surface area contributed by atoms with E-state index in [0.29, 0.717) is 0 Å². The third kappa shape index (κ3) is 5.22. The summed E-state index contributed by atoms with van der Waals surface area (Å²) in [5, 5.41) is 2.55. The van der Waals surface area contributed by atoms with E-state index in [2.05, 4.69) is 144 Å². The van der Waals surface area contributed by atoms with Crippen LogP contribution in [0.1, 0.15) is 22.3 Å². The number of fused-ring (bicyclic) bond motifs is 1. The fraction of sp³-hybridized carbons (Fsp3) is 0.0625. The van der Waals surface area contributed by atoms with Crippen molar-refractivity contribution in [1.29, 1.82) is 0 Å². The molecule has 5 aromatic rings. The molecule has 0 amide bonds. The molecule has 1 nitrogen and oxygen atoms in total. The van der Waals surface area contributed by atoms with Crippen LogP contribution in [0.5, 0.6) is 0 Å². The zero-order valence-electron chi connectivity index (χ0n) is 18.6. The van der Waals surface area contributed by atoms with Crippen molar-refractivity contribution in [3.63, 3.8) is 0 Å². The van der Waals surface area contributed by atoms with Gasteiger partial charge in [0.25, 0.3) is 0 Å². The van der Waals surface area contributed by atoms with Gasteiger partial charge in [0.15, 0.2) is 0 Å². The van der Waals surface area contributed by atoms with Gasteiger partial charge in [0.1, 0.15) is 0 Å². The van der Waals surface area contributed by atoms with Crippen LogP contribution in [0.3, 0.4) is 0 Å². The molecule has 0 heterocycles. The van der Waals surface area contributed by atoms with Gasteiger partial charge in [0.05, 0.1) is 0 Å². The van der Waals surface area contributed by atoms with E-state index in [1.165, 1.54) is 38.7 Å². The van der Waals surface area contributed by atoms with Gasteiger partial charge in [-0.05, 0) is 45.2 Å². The molecule has 0 fully saturated rings. The van der Waals surface area contributed by atoms with E-state index in [4.69, 9.17) is 0 Å². The Hall–Kier alpha value is -4.10. The van der Waals surface area contributed by atoms with Crippen molar-refractivity contribution in [2.75, 3.05) is 4.90 Å². The van der Waals surface area contributed by atoms with Crippen LogP contribution in [0, 0.1) is 0 Å². The normalized spacial score (nSPS) is 11.2. The molecule has 33 heavy (non-hydrogen) atoms. The van der Waals surface area contributed by atoms with E-state index < -0.39 is 0 Å². The maximum absolute atomic E-state index is 2.43. The summed E-state index contributed by atoms with van der Waals surface area (Å²) in [6, 6.07) is 45.2. The number of rotatable bonds is 7. The lowest BCUT2D eigenvalue weighted by Gasteiger charge is -2.25. The molecule has 0 aliphatic rings. The molecule has 0 aliphatic heterocycles. The molecule has 0 aliphatic carbocycles. The molecule has 160 valence electrons. The lowest BCUT2D eigenvalue weighted by molar-refractivity contribution is 0.800. The molecule has 0 saturated carbocycles. The Labute approximate surface area is 196 Å². The van der Waals surface area contributed by atoms with Crippen molar-refractivity contribution < 1.29 is 0 Å². The Bertz CT molecular complexity index is 1290. The fourth-order valence-electron chi connectivity index (χ4n) is 4.22. The summed E-state index contributed by atoms with van der Waals surface area (Å²) in [4.78, 5) is 2.43. The van der Waals surface area contributed by atoms with E-state index in [1.54, 1.807) is 0 Å². The van der Waals surface area contributed by atoms with Gasteiger partial charge in [-0.15, -0.1) is 0 Å². The molecule has 5 aromatic carbocycles. The highest BCUT2D eigenvalue weighted by atomic mass is 15.1. The molecule has 0 atom stereocenters. The summed E-state index contributed by atoms with van der Waals surface area (Å²) in [5.74, 6) is 0. The van der Waals surface area contributed by atoms with E-state index in [0.717, 1.165) is 13.1 Å². The van der Waals surface area contributed by atoms with Crippen LogP contribution in [-0.4, -0.2) is 0 Å². The summed E-state index contributed by atoms with van der Waals surface area (Å²) in [6.07, 6.45) is 4.41. The lowest BCUT2D eigenvalue weighted by Crippen LogP contribution is -2.22. The van der Waals surface area contributed by atoms with Crippen molar-refractivity contribution in [2.45, 2.75) is 13.1 Å². The Morgan fingerprint density at radius 2 is 1.06 bits per heavy atom. The average Bonchev–Trinajstić information content (AvgIpc) is 2.89. The monoisotopic (exact) mass is 425 g/mol. The number of anilines is 1. The Kier molecular flexibility index (Phi) is 6.31. The highest BCUT2D eigenvalue weighted by Crippen LogP contribution is 2.23. The average molecular weight is 426 g/mol. The number of hydrogen-bond donors (Lipinski definition) is 0. The third-order valence-corrected chi connectivity index (χ3v) is 5.97. The summed E-state index contributed by atoms with van der Waals surface area (Å²) >= 11 is 0. The predicted molar refractivity (Wildman–Crippen MR) is 142 cm³/mol. The predicted octanol–water partition coefficient (Wildman–Crippen LogP) is 8.22. The van der Waals surface area contributed by atoms with Crippen LogP contribution in [0.25, 0.3) is 22.9 Å². The maximum atomic E-state index is 2.43. The fourth-order valence-corrected chi connectivity index (χ4v) is 4.22. The molecule has 0 aromatic heterocycles. The first kappa shape index (κ1) is 20.8. The summed E-state index contributed by atoms with van der Waals surface area (Å²) in [7, 11) is 0. The van der Waals surface area contributed by atoms with E-state index in [-0.39, 0.29) is 0 Å². The van der Waals surface area contributed by atoms with E-state index in [1.807, 2.05) is 0 Å². The van der Waals surface area contributed by atoms with Crippen molar-refractivity contribution in [1.82, 2.24) is 0 Å². The highest BCUT2D eigenvalue weighted by molar-refractivity contribution is 5.92. The molecule has 0 spiro atoms. The van der Waals surface area contributed by atoms with Gasteiger partial charge in [0.2, 0.25) is 0 Å². The van der Waals surface area contributed by atoms with Gasteiger partial charge in [0, 0.05) is 18.8 Å². The molecule has 0 unspecified atom stereocenters. The second kappa shape index (κ2) is 10.0. The van der Waals surface area contributed by atoms with Crippen molar-refractivity contribution in [2.24, 2.45) is 0 Å². The van der Waals surface area contributed by atoms with Crippen molar-refractivity contribution in [3.8, 4) is 0 Å². The van der Waals surface area contributed by atoms with Crippen LogP contribution in [-0.2, 0) is 13.1 Å². The first-order chi connectivity index (χ1) is 16.3. The van der Waals surface area contributed by atoms with Gasteiger partial charge < -0.3 is 4.90 Å². The van der Waals surface area contributed by atoms with Gasteiger partial charge in [-0.2, -0.15) is 0 Å². The largest absolute Gasteiger partial charge is 0.363 e. The SMILES string of the molecule is C(=Cc1cccc2ccccc12)c1ccc(N(Cc2ccccc2)Cc2ccccc2)cc1. The molecule has 5 rings (SSSR count). The summed E-state index contributed by atoms with van der Waals surface area (Å²) < 4.78 is 0. The van der Waals surface area contributed by atoms with Crippen LogP contribution in [0.2, 0.25) is 0 Å². The quantitative estimate of drug-likeness (QED) is 0.237. The molecular formula is C32H27N. The highest BCUT2D eigenvalue weighted by Gasteiger charge is 2.08. The minimum Gasteiger partial charge on any atom is -0.363 e. The smallest absolute Gasteiger partial charge is 0.0433 e. The van der Waals surface area contributed by atoms with Crippen molar-refractivity contribution >= 4 is 28.6 Å². The second-order valence-corrected chi connectivity index (χ2v) is 8.32. The number of benzene rings is 5. The topological polar surface area (TPSA) is 3.24 Å². The molecule has 1 heteroatoms. The minimum absolute atomic E-state index is 0.876. The maximum Gasteiger partial charge on any atom is 0.0433 e. The molecule has 0 bridgehead atoms. The van der Waals surface area contributed by atoms with Gasteiger partial charge in [-0.1, -0.05) is 127 Å². The van der Waals surface area contributed by atoms with Gasteiger partial charge >= 0.3 is 0 Å². The minimum atomic E-state index is 0.876. The Morgan fingerprint density at radius 3 is 1.73 bits per heavy atom. The Balaban J connectivity index is 1.38. The van der Waals surface area contributed by atoms with Crippen molar-refractivity contribution in [3.05, 3.63) is 150 Å². The van der Waals surface area contributed by atoms with Crippen LogP contribution in [0.15, 0.2) is 127 Å². The number of hydrogen-bond acceptors (Lipinski definition) is 1. The third-order valence-electron chi connectivity index (χ3n) is 5.97. The standard InChI is InChI=1S/C32H27N/c1-3-10-27(11-4-1)24-33(25-28-12-5-2-6-13-28)31-22-19-26(20-23-31)18-21-30-16-9-15-29-14-7-8-17-32(29)30/h1-23H,24-25H2. The van der Waals surface area contributed by atoms with E-state index in [9.17, 15) is 0 Å². The molecule has 0 saturated heterocycles. The summed E-state index contributed by atoms with van der Waals surface area (Å²) in [5.41, 5.74) is 6.30. The first-order valence-electron chi connectivity index (χ1n) is 11.4. The molecule has 0 radical (unpaired) electrons. The van der Waals surface area contributed by atoms with Crippen LogP contribution < -0.4 is 4.90 Å². The van der Waals surface area contributed by atoms with Gasteiger partial charge in [-0.3, -0.25) is 0 Å². The zero-order valence-corrected chi connectivity index (χ0v) is 18.6. The van der Waals surface area contributed by atoms with Crippen LogP contribution >= 0.6 is 0 Å². The molecule has 0 N–H and O–H groups in total. The van der Waals surface area contributed by atoms with E-state index >= 15 is 0 Å². The summed E-state index contributed by atoms with van der Waals surface area (Å²) in [6.45, 7) is 1.75. The Morgan fingerprint density at radius 1 is 0.485 bits per heavy atom. The second-order valence-electron chi connectivity index (χ2n) is 8.32. The van der Waals surface area contributed by atoms with Gasteiger partial charge in [-0.25, -0.2) is 0 Å². The first-order valence-corrected chi connectivity index (χ1v) is 11.4. The lowest BCUT2D eigenvalue weighted by atomic mass is 10.0.